The van der Waals surface area contributed by atoms with Crippen LogP contribution in [-0.4, -0.2) is 23.7 Å². The van der Waals surface area contributed by atoms with Crippen molar-refractivity contribution in [1.29, 1.82) is 0 Å². The molecule has 1 heterocycles. The summed E-state index contributed by atoms with van der Waals surface area (Å²) in [5.41, 5.74) is 1.49. The number of benzene rings is 2. The summed E-state index contributed by atoms with van der Waals surface area (Å²) in [4.78, 5) is 27.9. The van der Waals surface area contributed by atoms with E-state index in [0.29, 0.717) is 33.4 Å². The maximum atomic E-state index is 13.2. The predicted molar refractivity (Wildman–Crippen MR) is 111 cm³/mol. The van der Waals surface area contributed by atoms with Crippen LogP contribution in [0.2, 0.25) is 5.02 Å². The van der Waals surface area contributed by atoms with Crippen LogP contribution in [0.1, 0.15) is 26.3 Å². The molecule has 6 heteroatoms. The molecular formula is C21H20ClNO3S. The lowest BCUT2D eigenvalue weighted by molar-refractivity contribution is -0.119. The zero-order chi connectivity index (χ0) is 19.6. The van der Waals surface area contributed by atoms with Gasteiger partial charge in [0.25, 0.3) is 11.8 Å². The third-order valence-corrected chi connectivity index (χ3v) is 5.35. The summed E-state index contributed by atoms with van der Waals surface area (Å²) in [5.74, 6) is 0.0238. The molecule has 0 N–H and O–H groups in total. The number of carbonyl (C=O) groups excluding carboxylic acids is 2. The number of imide groups is 1. The Labute approximate surface area is 168 Å². The molecule has 140 valence electrons. The minimum atomic E-state index is -0.361. The Hall–Kier alpha value is -2.24. The molecule has 0 atom stereocenters. The van der Waals surface area contributed by atoms with E-state index in [-0.39, 0.29) is 17.1 Å². The average molecular weight is 402 g/mol. The van der Waals surface area contributed by atoms with E-state index in [0.717, 1.165) is 5.75 Å². The van der Waals surface area contributed by atoms with Crippen LogP contribution in [0, 0.1) is 0 Å². The molecule has 1 aliphatic rings. The fraction of sp³-hybridized carbons (Fsp3) is 0.238. The molecule has 2 aromatic rings. The number of nitrogens with zero attached hydrogens (tertiary/aromatic N) is 1. The standard InChI is InChI=1S/C21H20ClNO3S/c1-4-26-15-11-9-14(10-12-15)18-19(27-13(2)3)21(25)23(20(18)24)17-8-6-5-7-16(17)22/h5-13H,4H2,1-3H3. The molecule has 0 spiro atoms. The molecule has 4 nitrogen and oxygen atoms in total. The summed E-state index contributed by atoms with van der Waals surface area (Å²) in [6.45, 7) is 6.45. The number of thioether (sulfide) groups is 1. The van der Waals surface area contributed by atoms with Crippen LogP contribution < -0.4 is 9.64 Å². The molecule has 1 aliphatic heterocycles. The van der Waals surface area contributed by atoms with Gasteiger partial charge in [-0.2, -0.15) is 0 Å². The van der Waals surface area contributed by atoms with Crippen molar-refractivity contribution in [3.63, 3.8) is 0 Å². The summed E-state index contributed by atoms with van der Waals surface area (Å²) in [6.07, 6.45) is 0. The number of amides is 2. The molecule has 2 amide bonds. The van der Waals surface area contributed by atoms with Crippen molar-refractivity contribution < 1.29 is 14.3 Å². The van der Waals surface area contributed by atoms with Gasteiger partial charge in [-0.05, 0) is 36.8 Å². The molecule has 0 aromatic heterocycles. The Morgan fingerprint density at radius 3 is 2.30 bits per heavy atom. The molecule has 2 aromatic carbocycles. The molecule has 27 heavy (non-hydrogen) atoms. The fourth-order valence-electron chi connectivity index (χ4n) is 2.85. The third-order valence-electron chi connectivity index (χ3n) is 3.94. The fourth-order valence-corrected chi connectivity index (χ4v) is 4.05. The first-order valence-corrected chi connectivity index (χ1v) is 9.97. The topological polar surface area (TPSA) is 46.6 Å². The maximum absolute atomic E-state index is 13.2. The molecule has 3 rings (SSSR count). The number of ether oxygens (including phenoxy) is 1. The highest BCUT2D eigenvalue weighted by Gasteiger charge is 2.41. The Morgan fingerprint density at radius 1 is 1.04 bits per heavy atom. The molecular weight excluding hydrogens is 382 g/mol. The van der Waals surface area contributed by atoms with Crippen LogP contribution in [0.3, 0.4) is 0 Å². The molecule has 0 fully saturated rings. The second-order valence-electron chi connectivity index (χ2n) is 6.23. The van der Waals surface area contributed by atoms with Gasteiger partial charge in [0.05, 0.1) is 27.8 Å². The van der Waals surface area contributed by atoms with Crippen LogP contribution in [0.25, 0.3) is 5.57 Å². The van der Waals surface area contributed by atoms with E-state index < -0.39 is 0 Å². The van der Waals surface area contributed by atoms with Gasteiger partial charge in [-0.1, -0.05) is 49.7 Å². The van der Waals surface area contributed by atoms with Gasteiger partial charge in [-0.15, -0.1) is 11.8 Å². The zero-order valence-corrected chi connectivity index (χ0v) is 16.9. The molecule has 0 radical (unpaired) electrons. The van der Waals surface area contributed by atoms with Crippen molar-refractivity contribution in [2.45, 2.75) is 26.0 Å². The molecule has 0 bridgehead atoms. The number of carbonyl (C=O) groups is 2. The smallest absolute Gasteiger partial charge is 0.272 e. The quantitative estimate of drug-likeness (QED) is 0.627. The number of anilines is 1. The molecule has 0 saturated carbocycles. The van der Waals surface area contributed by atoms with Gasteiger partial charge in [0.2, 0.25) is 0 Å². The Morgan fingerprint density at radius 2 is 1.70 bits per heavy atom. The number of para-hydroxylation sites is 1. The minimum absolute atomic E-state index is 0.153. The molecule has 0 unspecified atom stereocenters. The number of hydrogen-bond acceptors (Lipinski definition) is 4. The lowest BCUT2D eigenvalue weighted by Gasteiger charge is -2.16. The van der Waals surface area contributed by atoms with E-state index in [1.165, 1.54) is 16.7 Å². The highest BCUT2D eigenvalue weighted by atomic mass is 35.5. The van der Waals surface area contributed by atoms with Crippen molar-refractivity contribution in [3.05, 3.63) is 64.0 Å². The van der Waals surface area contributed by atoms with E-state index in [9.17, 15) is 9.59 Å². The van der Waals surface area contributed by atoms with Gasteiger partial charge in [-0.25, -0.2) is 4.90 Å². The van der Waals surface area contributed by atoms with Gasteiger partial charge in [0.1, 0.15) is 5.75 Å². The third kappa shape index (κ3) is 3.89. The maximum Gasteiger partial charge on any atom is 0.272 e. The predicted octanol–water partition coefficient (Wildman–Crippen LogP) is 5.16. The average Bonchev–Trinajstić information content (AvgIpc) is 2.87. The van der Waals surface area contributed by atoms with Gasteiger partial charge >= 0.3 is 0 Å². The van der Waals surface area contributed by atoms with Crippen molar-refractivity contribution in [2.24, 2.45) is 0 Å². The molecule has 0 saturated heterocycles. The minimum Gasteiger partial charge on any atom is -0.494 e. The zero-order valence-electron chi connectivity index (χ0n) is 15.4. The van der Waals surface area contributed by atoms with Gasteiger partial charge in [0, 0.05) is 5.25 Å². The highest BCUT2D eigenvalue weighted by molar-refractivity contribution is 8.04. The largest absolute Gasteiger partial charge is 0.494 e. The second kappa shape index (κ2) is 8.19. The van der Waals surface area contributed by atoms with Crippen molar-refractivity contribution in [2.75, 3.05) is 11.5 Å². The summed E-state index contributed by atoms with van der Waals surface area (Å²) in [5, 5.41) is 0.515. The van der Waals surface area contributed by atoms with Gasteiger partial charge in [0.15, 0.2) is 0 Å². The summed E-state index contributed by atoms with van der Waals surface area (Å²) in [6, 6.07) is 14.1. The second-order valence-corrected chi connectivity index (χ2v) is 8.22. The first-order valence-electron chi connectivity index (χ1n) is 8.71. The van der Waals surface area contributed by atoms with Crippen LogP contribution in [0.5, 0.6) is 5.75 Å². The monoisotopic (exact) mass is 401 g/mol. The Bertz CT molecular complexity index is 906. The van der Waals surface area contributed by atoms with E-state index in [2.05, 4.69) is 0 Å². The SMILES string of the molecule is CCOc1ccc(C2=C(SC(C)C)C(=O)N(c3ccccc3Cl)C2=O)cc1. The number of halogens is 1. The van der Waals surface area contributed by atoms with Crippen molar-refractivity contribution in [1.82, 2.24) is 0 Å². The molecule has 0 aliphatic carbocycles. The van der Waals surface area contributed by atoms with Crippen molar-refractivity contribution >= 4 is 46.4 Å². The van der Waals surface area contributed by atoms with E-state index in [1.807, 2.05) is 32.9 Å². The first-order chi connectivity index (χ1) is 12.9. The lowest BCUT2D eigenvalue weighted by atomic mass is 10.1. The Kier molecular flexibility index (Phi) is 5.92. The lowest BCUT2D eigenvalue weighted by Crippen LogP contribution is -2.31. The number of rotatable bonds is 6. The normalized spacial score (nSPS) is 14.5. The Balaban J connectivity index is 2.07. The van der Waals surface area contributed by atoms with E-state index in [4.69, 9.17) is 16.3 Å². The van der Waals surface area contributed by atoms with Crippen molar-refractivity contribution in [3.8, 4) is 5.75 Å². The van der Waals surface area contributed by atoms with Crippen LogP contribution >= 0.6 is 23.4 Å². The van der Waals surface area contributed by atoms with Crippen LogP contribution in [0.15, 0.2) is 53.4 Å². The first kappa shape index (κ1) is 19.5. The van der Waals surface area contributed by atoms with E-state index >= 15 is 0 Å². The van der Waals surface area contributed by atoms with Crippen LogP contribution in [0.4, 0.5) is 5.69 Å². The van der Waals surface area contributed by atoms with Gasteiger partial charge in [-0.3, -0.25) is 9.59 Å². The highest BCUT2D eigenvalue weighted by Crippen LogP contribution is 2.41. The summed E-state index contributed by atoms with van der Waals surface area (Å²) in [7, 11) is 0. The van der Waals surface area contributed by atoms with E-state index in [1.54, 1.807) is 36.4 Å². The summed E-state index contributed by atoms with van der Waals surface area (Å²) >= 11 is 7.64. The van der Waals surface area contributed by atoms with Gasteiger partial charge < -0.3 is 4.74 Å². The summed E-state index contributed by atoms with van der Waals surface area (Å²) < 4.78 is 5.47. The number of hydrogen-bond donors (Lipinski definition) is 0. The van der Waals surface area contributed by atoms with Crippen LogP contribution in [-0.2, 0) is 9.59 Å².